The molecule has 4 heteroatoms. The highest BCUT2D eigenvalue weighted by Gasteiger charge is 2.47. The molecule has 0 heterocycles. The van der Waals surface area contributed by atoms with Crippen molar-refractivity contribution < 1.29 is 18.6 Å². The fourth-order valence-corrected chi connectivity index (χ4v) is 2.19. The summed E-state index contributed by atoms with van der Waals surface area (Å²) in [4.78, 5) is 0. The van der Waals surface area contributed by atoms with Gasteiger partial charge in [0.15, 0.2) is 0 Å². The summed E-state index contributed by atoms with van der Waals surface area (Å²) in [6, 6.07) is 3.60. The van der Waals surface area contributed by atoms with E-state index in [1.807, 2.05) is 6.92 Å². The Balaban J connectivity index is 2.20. The van der Waals surface area contributed by atoms with Gasteiger partial charge in [0.25, 0.3) is 0 Å². The SMILES string of the molecule is CCOC1CC(O)(c2c(F)cccc2F)C1. The predicted octanol–water partition coefficient (Wildman–Crippen LogP) is 2.35. The van der Waals surface area contributed by atoms with E-state index in [2.05, 4.69) is 0 Å². The molecule has 1 aromatic rings. The Bertz CT molecular complexity index is 366. The summed E-state index contributed by atoms with van der Waals surface area (Å²) in [6.45, 7) is 2.39. The zero-order chi connectivity index (χ0) is 11.8. The van der Waals surface area contributed by atoms with Gasteiger partial charge in [0, 0.05) is 19.4 Å². The van der Waals surface area contributed by atoms with Crippen LogP contribution in [-0.2, 0) is 10.3 Å². The first-order valence-corrected chi connectivity index (χ1v) is 5.35. The van der Waals surface area contributed by atoms with E-state index in [4.69, 9.17) is 4.74 Å². The lowest BCUT2D eigenvalue weighted by Gasteiger charge is -2.43. The Morgan fingerprint density at radius 3 is 2.44 bits per heavy atom. The van der Waals surface area contributed by atoms with Crippen molar-refractivity contribution in [2.45, 2.75) is 31.5 Å². The van der Waals surface area contributed by atoms with Crippen LogP contribution >= 0.6 is 0 Å². The van der Waals surface area contributed by atoms with Crippen LogP contribution < -0.4 is 0 Å². The van der Waals surface area contributed by atoms with Crippen molar-refractivity contribution in [2.75, 3.05) is 6.61 Å². The molecule has 1 aromatic carbocycles. The molecule has 0 amide bonds. The Kier molecular flexibility index (Phi) is 2.95. The Morgan fingerprint density at radius 1 is 1.38 bits per heavy atom. The molecular weight excluding hydrogens is 214 g/mol. The number of halogens is 2. The maximum atomic E-state index is 13.4. The Hall–Kier alpha value is -1.00. The molecule has 0 aliphatic heterocycles. The van der Waals surface area contributed by atoms with Crippen LogP contribution in [0, 0.1) is 11.6 Å². The van der Waals surface area contributed by atoms with E-state index in [1.54, 1.807) is 0 Å². The molecular formula is C12H14F2O2. The van der Waals surface area contributed by atoms with E-state index >= 15 is 0 Å². The second-order valence-electron chi connectivity index (χ2n) is 4.11. The van der Waals surface area contributed by atoms with Gasteiger partial charge in [-0.2, -0.15) is 0 Å². The summed E-state index contributed by atoms with van der Waals surface area (Å²) in [5.41, 5.74) is -1.64. The standard InChI is InChI=1S/C12H14F2O2/c1-2-16-8-6-12(15,7-8)11-9(13)4-3-5-10(11)14/h3-5,8,15H,2,6-7H2,1H3. The molecule has 1 aliphatic rings. The van der Waals surface area contributed by atoms with E-state index in [0.717, 1.165) is 12.1 Å². The smallest absolute Gasteiger partial charge is 0.132 e. The van der Waals surface area contributed by atoms with Crippen molar-refractivity contribution in [2.24, 2.45) is 0 Å². The summed E-state index contributed by atoms with van der Waals surface area (Å²) in [7, 11) is 0. The quantitative estimate of drug-likeness (QED) is 0.860. The second kappa shape index (κ2) is 4.11. The molecule has 16 heavy (non-hydrogen) atoms. The van der Waals surface area contributed by atoms with Crippen molar-refractivity contribution in [3.63, 3.8) is 0 Å². The highest BCUT2D eigenvalue weighted by Crippen LogP contribution is 2.44. The van der Waals surface area contributed by atoms with Gasteiger partial charge >= 0.3 is 0 Å². The highest BCUT2D eigenvalue weighted by atomic mass is 19.1. The summed E-state index contributed by atoms with van der Waals surface area (Å²) in [6.07, 6.45) is 0.395. The zero-order valence-electron chi connectivity index (χ0n) is 9.04. The van der Waals surface area contributed by atoms with E-state index in [-0.39, 0.29) is 24.5 Å². The third kappa shape index (κ3) is 1.83. The largest absolute Gasteiger partial charge is 0.385 e. The van der Waals surface area contributed by atoms with Crippen LogP contribution in [0.5, 0.6) is 0 Å². The number of aliphatic hydroxyl groups is 1. The van der Waals surface area contributed by atoms with Gasteiger partial charge in [-0.15, -0.1) is 0 Å². The lowest BCUT2D eigenvalue weighted by Crippen LogP contribution is -2.47. The summed E-state index contributed by atoms with van der Waals surface area (Å²) in [5, 5.41) is 10.1. The van der Waals surface area contributed by atoms with Gasteiger partial charge in [-0.05, 0) is 19.1 Å². The minimum atomic E-state index is -1.41. The predicted molar refractivity (Wildman–Crippen MR) is 54.9 cm³/mol. The normalized spacial score (nSPS) is 28.9. The Morgan fingerprint density at radius 2 is 1.94 bits per heavy atom. The van der Waals surface area contributed by atoms with Crippen molar-refractivity contribution in [3.8, 4) is 0 Å². The van der Waals surface area contributed by atoms with Crippen LogP contribution in [0.4, 0.5) is 8.78 Å². The molecule has 88 valence electrons. The molecule has 2 rings (SSSR count). The lowest BCUT2D eigenvalue weighted by molar-refractivity contribution is -0.145. The van der Waals surface area contributed by atoms with Gasteiger partial charge in [0.1, 0.15) is 17.2 Å². The fraction of sp³-hybridized carbons (Fsp3) is 0.500. The lowest BCUT2D eigenvalue weighted by atomic mass is 9.72. The van der Waals surface area contributed by atoms with Gasteiger partial charge in [-0.25, -0.2) is 8.78 Å². The van der Waals surface area contributed by atoms with Gasteiger partial charge in [0.2, 0.25) is 0 Å². The molecule has 1 N–H and O–H groups in total. The second-order valence-corrected chi connectivity index (χ2v) is 4.11. The number of hydrogen-bond donors (Lipinski definition) is 1. The van der Waals surface area contributed by atoms with Crippen LogP contribution in [-0.4, -0.2) is 17.8 Å². The topological polar surface area (TPSA) is 29.5 Å². The van der Waals surface area contributed by atoms with Gasteiger partial charge in [0.05, 0.1) is 11.7 Å². The minimum absolute atomic E-state index is 0.103. The van der Waals surface area contributed by atoms with Crippen LogP contribution in [0.1, 0.15) is 25.3 Å². The molecule has 0 saturated heterocycles. The average molecular weight is 228 g/mol. The first-order valence-electron chi connectivity index (χ1n) is 5.35. The monoisotopic (exact) mass is 228 g/mol. The zero-order valence-corrected chi connectivity index (χ0v) is 9.04. The average Bonchev–Trinajstić information content (AvgIpc) is 2.15. The molecule has 0 bridgehead atoms. The van der Waals surface area contributed by atoms with Gasteiger partial charge in [-0.3, -0.25) is 0 Å². The number of benzene rings is 1. The number of ether oxygens (including phenoxy) is 1. The molecule has 1 aliphatic carbocycles. The summed E-state index contributed by atoms with van der Waals surface area (Å²) >= 11 is 0. The third-order valence-corrected chi connectivity index (χ3v) is 2.96. The third-order valence-electron chi connectivity index (χ3n) is 2.96. The van der Waals surface area contributed by atoms with Crippen LogP contribution in [0.2, 0.25) is 0 Å². The van der Waals surface area contributed by atoms with E-state index in [0.29, 0.717) is 6.61 Å². The molecule has 0 radical (unpaired) electrons. The van der Waals surface area contributed by atoms with Crippen LogP contribution in [0.3, 0.4) is 0 Å². The maximum absolute atomic E-state index is 13.4. The molecule has 0 atom stereocenters. The molecule has 0 unspecified atom stereocenters. The number of hydrogen-bond acceptors (Lipinski definition) is 2. The van der Waals surface area contributed by atoms with E-state index < -0.39 is 17.2 Å². The van der Waals surface area contributed by atoms with Crippen molar-refractivity contribution in [3.05, 3.63) is 35.4 Å². The molecule has 1 fully saturated rings. The first kappa shape index (κ1) is 11.5. The molecule has 0 spiro atoms. The Labute approximate surface area is 92.9 Å². The molecule has 1 saturated carbocycles. The van der Waals surface area contributed by atoms with E-state index in [9.17, 15) is 13.9 Å². The minimum Gasteiger partial charge on any atom is -0.385 e. The number of rotatable bonds is 3. The fourth-order valence-electron chi connectivity index (χ4n) is 2.19. The van der Waals surface area contributed by atoms with Gasteiger partial charge < -0.3 is 9.84 Å². The van der Waals surface area contributed by atoms with Crippen LogP contribution in [0.25, 0.3) is 0 Å². The highest BCUT2D eigenvalue weighted by molar-refractivity contribution is 5.29. The maximum Gasteiger partial charge on any atom is 0.132 e. The van der Waals surface area contributed by atoms with Gasteiger partial charge in [-0.1, -0.05) is 6.07 Å². The molecule has 0 aromatic heterocycles. The first-order chi connectivity index (χ1) is 7.57. The van der Waals surface area contributed by atoms with E-state index in [1.165, 1.54) is 6.07 Å². The van der Waals surface area contributed by atoms with Crippen molar-refractivity contribution >= 4 is 0 Å². The molecule has 2 nitrogen and oxygen atoms in total. The summed E-state index contributed by atoms with van der Waals surface area (Å²) < 4.78 is 32.1. The van der Waals surface area contributed by atoms with Crippen molar-refractivity contribution in [1.82, 2.24) is 0 Å². The van der Waals surface area contributed by atoms with Crippen LogP contribution in [0.15, 0.2) is 18.2 Å². The van der Waals surface area contributed by atoms with Crippen molar-refractivity contribution in [1.29, 1.82) is 0 Å². The summed E-state index contributed by atoms with van der Waals surface area (Å²) in [5.74, 6) is -1.39.